The summed E-state index contributed by atoms with van der Waals surface area (Å²) < 4.78 is 0. The average Bonchev–Trinajstić information content (AvgIpc) is 1.68. The Bertz CT molecular complexity index is 39.1. The Morgan fingerprint density at radius 2 is 2.29 bits per heavy atom. The molecular weight excluding hydrogens is 106 g/mol. The topological polar surface area (TPSA) is 26.0 Å². The van der Waals surface area contributed by atoms with Gasteiger partial charge in [0.2, 0.25) is 0 Å². The van der Waals surface area contributed by atoms with Crippen LogP contribution in [0.15, 0.2) is 0 Å². The molecule has 0 rings (SSSR count). The van der Waals surface area contributed by atoms with E-state index in [1.807, 2.05) is 11.8 Å². The summed E-state index contributed by atoms with van der Waals surface area (Å²) in [5.41, 5.74) is 5.29. The summed E-state index contributed by atoms with van der Waals surface area (Å²) >= 11 is 1.87. The van der Waals surface area contributed by atoms with Crippen molar-refractivity contribution in [2.24, 2.45) is 5.73 Å². The zero-order chi connectivity index (χ0) is 5.70. The predicted octanol–water partition coefficient (Wildman–Crippen LogP) is 1.09. The molecule has 7 heavy (non-hydrogen) atoms. The molecule has 0 aromatic heterocycles. The van der Waals surface area contributed by atoms with Gasteiger partial charge < -0.3 is 5.73 Å². The largest absolute Gasteiger partial charge is 0.330 e. The SMILES string of the molecule is CS[C@@H](C)CCN. The lowest BCUT2D eigenvalue weighted by Gasteiger charge is -2.02. The highest BCUT2D eigenvalue weighted by Gasteiger charge is 1.93. The summed E-state index contributed by atoms with van der Waals surface area (Å²) in [5.74, 6) is 0. The molecule has 0 radical (unpaired) electrons. The lowest BCUT2D eigenvalue weighted by Crippen LogP contribution is -2.05. The van der Waals surface area contributed by atoms with Crippen LogP contribution in [0.2, 0.25) is 0 Å². The van der Waals surface area contributed by atoms with Gasteiger partial charge in [0, 0.05) is 5.25 Å². The van der Waals surface area contributed by atoms with Gasteiger partial charge in [-0.25, -0.2) is 0 Å². The molecule has 44 valence electrons. The third kappa shape index (κ3) is 4.16. The Hall–Kier alpha value is 0.310. The van der Waals surface area contributed by atoms with Gasteiger partial charge in [-0.3, -0.25) is 0 Å². The van der Waals surface area contributed by atoms with Gasteiger partial charge in [-0.15, -0.1) is 0 Å². The van der Waals surface area contributed by atoms with E-state index < -0.39 is 0 Å². The van der Waals surface area contributed by atoms with E-state index in [0.717, 1.165) is 18.2 Å². The fourth-order valence-corrected chi connectivity index (χ4v) is 0.724. The molecule has 0 saturated heterocycles. The Kier molecular flexibility index (Phi) is 4.67. The monoisotopic (exact) mass is 119 g/mol. The number of hydrogen-bond acceptors (Lipinski definition) is 2. The molecular formula is C5H13NS. The summed E-state index contributed by atoms with van der Waals surface area (Å²) in [7, 11) is 0. The molecule has 0 heterocycles. The molecule has 0 aromatic rings. The van der Waals surface area contributed by atoms with Crippen LogP contribution in [-0.2, 0) is 0 Å². The molecule has 1 nitrogen and oxygen atoms in total. The van der Waals surface area contributed by atoms with Gasteiger partial charge in [-0.05, 0) is 19.2 Å². The molecule has 0 fully saturated rings. The minimum atomic E-state index is 0.741. The molecule has 1 atom stereocenters. The molecule has 0 unspecified atom stereocenters. The van der Waals surface area contributed by atoms with Crippen LogP contribution in [0, 0.1) is 0 Å². The lowest BCUT2D eigenvalue weighted by molar-refractivity contribution is 0.825. The molecule has 0 bridgehead atoms. The Labute approximate surface area is 49.7 Å². The van der Waals surface area contributed by atoms with E-state index in [2.05, 4.69) is 13.2 Å². The maximum absolute atomic E-state index is 5.29. The Morgan fingerprint density at radius 1 is 1.71 bits per heavy atom. The number of thioether (sulfide) groups is 1. The summed E-state index contributed by atoms with van der Waals surface area (Å²) in [6.07, 6.45) is 3.25. The highest BCUT2D eigenvalue weighted by molar-refractivity contribution is 7.99. The second kappa shape index (κ2) is 4.47. The lowest BCUT2D eigenvalue weighted by atomic mass is 10.3. The molecule has 0 spiro atoms. The van der Waals surface area contributed by atoms with Crippen molar-refractivity contribution < 1.29 is 0 Å². The van der Waals surface area contributed by atoms with Crippen LogP contribution in [-0.4, -0.2) is 18.1 Å². The van der Waals surface area contributed by atoms with Crippen LogP contribution < -0.4 is 5.73 Å². The van der Waals surface area contributed by atoms with Crippen molar-refractivity contribution in [1.82, 2.24) is 0 Å². The van der Waals surface area contributed by atoms with Crippen LogP contribution in [0.1, 0.15) is 13.3 Å². The van der Waals surface area contributed by atoms with Crippen LogP contribution in [0.25, 0.3) is 0 Å². The van der Waals surface area contributed by atoms with Crippen molar-refractivity contribution >= 4 is 11.8 Å². The van der Waals surface area contributed by atoms with E-state index in [1.165, 1.54) is 0 Å². The van der Waals surface area contributed by atoms with E-state index in [4.69, 9.17) is 5.73 Å². The summed E-state index contributed by atoms with van der Waals surface area (Å²) in [4.78, 5) is 0. The molecule has 0 aliphatic carbocycles. The van der Waals surface area contributed by atoms with Gasteiger partial charge in [0.15, 0.2) is 0 Å². The van der Waals surface area contributed by atoms with Gasteiger partial charge in [-0.2, -0.15) is 11.8 Å². The Balaban J connectivity index is 2.83. The van der Waals surface area contributed by atoms with Crippen LogP contribution in [0.4, 0.5) is 0 Å². The molecule has 0 aliphatic heterocycles. The first-order valence-corrected chi connectivity index (χ1v) is 3.83. The van der Waals surface area contributed by atoms with Crippen LogP contribution >= 0.6 is 11.8 Å². The standard InChI is InChI=1S/C5H13NS/c1-5(7-2)3-4-6/h5H,3-4,6H2,1-2H3/t5-/m0/s1. The summed E-state index contributed by atoms with van der Waals surface area (Å²) in [6, 6.07) is 0. The molecule has 0 saturated carbocycles. The Morgan fingerprint density at radius 3 is 2.43 bits per heavy atom. The van der Waals surface area contributed by atoms with E-state index in [-0.39, 0.29) is 0 Å². The second-order valence-electron chi connectivity index (χ2n) is 1.62. The minimum Gasteiger partial charge on any atom is -0.330 e. The first kappa shape index (κ1) is 7.31. The van der Waals surface area contributed by atoms with Crippen molar-refractivity contribution in [2.45, 2.75) is 18.6 Å². The maximum atomic E-state index is 5.29. The fourth-order valence-electron chi connectivity index (χ4n) is 0.353. The smallest absolute Gasteiger partial charge is 0.00279 e. The number of rotatable bonds is 3. The van der Waals surface area contributed by atoms with Crippen molar-refractivity contribution in [3.05, 3.63) is 0 Å². The third-order valence-corrected chi connectivity index (χ3v) is 2.02. The van der Waals surface area contributed by atoms with Gasteiger partial charge in [0.05, 0.1) is 0 Å². The molecule has 2 heteroatoms. The van der Waals surface area contributed by atoms with E-state index in [1.54, 1.807) is 0 Å². The quantitative estimate of drug-likeness (QED) is 0.601. The van der Waals surface area contributed by atoms with Crippen molar-refractivity contribution in [3.8, 4) is 0 Å². The third-order valence-electron chi connectivity index (χ3n) is 0.976. The van der Waals surface area contributed by atoms with Crippen molar-refractivity contribution in [2.75, 3.05) is 12.8 Å². The van der Waals surface area contributed by atoms with Crippen LogP contribution in [0.3, 0.4) is 0 Å². The zero-order valence-corrected chi connectivity index (χ0v) is 5.79. The van der Waals surface area contributed by atoms with Crippen LogP contribution in [0.5, 0.6) is 0 Å². The number of nitrogens with two attached hydrogens (primary N) is 1. The van der Waals surface area contributed by atoms with E-state index in [0.29, 0.717) is 0 Å². The second-order valence-corrected chi connectivity index (χ2v) is 2.90. The normalized spacial score (nSPS) is 14.1. The summed E-state index contributed by atoms with van der Waals surface area (Å²) in [5, 5.41) is 0.741. The maximum Gasteiger partial charge on any atom is 0.00279 e. The summed E-state index contributed by atoms with van der Waals surface area (Å²) in [6.45, 7) is 3.01. The highest BCUT2D eigenvalue weighted by Crippen LogP contribution is 2.06. The molecule has 2 N–H and O–H groups in total. The molecule has 0 aliphatic rings. The minimum absolute atomic E-state index is 0.741. The first-order chi connectivity index (χ1) is 3.31. The predicted molar refractivity (Wildman–Crippen MR) is 36.6 cm³/mol. The fraction of sp³-hybridized carbons (Fsp3) is 1.00. The van der Waals surface area contributed by atoms with Crippen molar-refractivity contribution in [3.63, 3.8) is 0 Å². The first-order valence-electron chi connectivity index (χ1n) is 2.54. The average molecular weight is 119 g/mol. The molecule has 0 amide bonds. The highest BCUT2D eigenvalue weighted by atomic mass is 32.2. The van der Waals surface area contributed by atoms with Gasteiger partial charge >= 0.3 is 0 Å². The van der Waals surface area contributed by atoms with Gasteiger partial charge in [-0.1, -0.05) is 6.92 Å². The molecule has 0 aromatic carbocycles. The van der Waals surface area contributed by atoms with Crippen molar-refractivity contribution in [1.29, 1.82) is 0 Å². The van der Waals surface area contributed by atoms with Gasteiger partial charge in [0.25, 0.3) is 0 Å². The zero-order valence-electron chi connectivity index (χ0n) is 4.98. The van der Waals surface area contributed by atoms with Gasteiger partial charge in [0.1, 0.15) is 0 Å². The van der Waals surface area contributed by atoms with E-state index in [9.17, 15) is 0 Å². The number of hydrogen-bond donors (Lipinski definition) is 1. The van der Waals surface area contributed by atoms with E-state index >= 15 is 0 Å².